The zero-order valence-electron chi connectivity index (χ0n) is 11.9. The summed E-state index contributed by atoms with van der Waals surface area (Å²) in [6.45, 7) is 4.38. The molecule has 1 amide bonds. The Hall–Kier alpha value is -2.30. The molecule has 0 atom stereocenters. The van der Waals surface area contributed by atoms with Crippen molar-refractivity contribution in [1.29, 1.82) is 0 Å². The van der Waals surface area contributed by atoms with Crippen LogP contribution in [0.5, 0.6) is 0 Å². The van der Waals surface area contributed by atoms with E-state index in [2.05, 4.69) is 15.0 Å². The minimum absolute atomic E-state index is 0.440. The van der Waals surface area contributed by atoms with E-state index in [0.717, 1.165) is 17.0 Å². The Morgan fingerprint density at radius 3 is 2.65 bits per heavy atom. The first-order chi connectivity index (χ1) is 9.60. The van der Waals surface area contributed by atoms with Gasteiger partial charge >= 0.3 is 6.09 Å². The maximum absolute atomic E-state index is 11.0. The number of aromatic nitrogens is 1. The molecular formula is C15H18N2O3. The highest BCUT2D eigenvalue weighted by Crippen LogP contribution is 2.22. The number of benzene rings is 1. The third-order valence-corrected chi connectivity index (χ3v) is 3.01. The molecule has 0 aliphatic carbocycles. The number of methoxy groups -OCH3 is 1. The number of nitrogens with zero attached hydrogens (tertiary/aromatic N) is 1. The molecule has 2 rings (SSSR count). The van der Waals surface area contributed by atoms with Gasteiger partial charge in [0.1, 0.15) is 5.76 Å². The lowest BCUT2D eigenvalue weighted by molar-refractivity contribution is 0.171. The summed E-state index contributed by atoms with van der Waals surface area (Å²) < 4.78 is 10.2. The number of nitrogens with one attached hydrogen (secondary N) is 1. The molecule has 0 spiro atoms. The number of rotatable bonds is 4. The fourth-order valence-electron chi connectivity index (χ4n) is 1.83. The molecule has 5 nitrogen and oxygen atoms in total. The second-order valence-electron chi connectivity index (χ2n) is 4.56. The fraction of sp³-hybridized carbons (Fsp3) is 0.333. The Labute approximate surface area is 118 Å². The first-order valence-electron chi connectivity index (χ1n) is 6.45. The van der Waals surface area contributed by atoms with Crippen molar-refractivity contribution in [2.24, 2.45) is 0 Å². The maximum Gasteiger partial charge on any atom is 0.406 e. The maximum atomic E-state index is 11.0. The summed E-state index contributed by atoms with van der Waals surface area (Å²) in [7, 11) is 1.34. The molecule has 0 fully saturated rings. The predicted octanol–water partition coefficient (Wildman–Crippen LogP) is 2.86. The predicted molar refractivity (Wildman–Crippen MR) is 75.5 cm³/mol. The molecule has 5 heteroatoms. The molecule has 0 aliphatic heterocycles. The van der Waals surface area contributed by atoms with Crippen LogP contribution in [-0.2, 0) is 11.2 Å². The van der Waals surface area contributed by atoms with E-state index in [0.29, 0.717) is 18.9 Å². The van der Waals surface area contributed by atoms with E-state index in [4.69, 9.17) is 4.42 Å². The quantitative estimate of drug-likeness (QED) is 0.931. The van der Waals surface area contributed by atoms with E-state index >= 15 is 0 Å². The number of aryl methyl sites for hydroxylation is 2. The van der Waals surface area contributed by atoms with Gasteiger partial charge in [0.2, 0.25) is 5.89 Å². The molecule has 1 N–H and O–H groups in total. The van der Waals surface area contributed by atoms with E-state index in [1.807, 2.05) is 38.1 Å². The molecule has 0 saturated carbocycles. The molecule has 2 aromatic rings. The number of oxazole rings is 1. The summed E-state index contributed by atoms with van der Waals surface area (Å²) in [6, 6.07) is 8.01. The van der Waals surface area contributed by atoms with Gasteiger partial charge in [-0.2, -0.15) is 0 Å². The number of alkyl carbamates (subject to hydrolysis) is 1. The molecule has 0 saturated heterocycles. The molecule has 20 heavy (non-hydrogen) atoms. The highest BCUT2D eigenvalue weighted by Gasteiger charge is 2.11. The summed E-state index contributed by atoms with van der Waals surface area (Å²) in [5.41, 5.74) is 2.99. The summed E-state index contributed by atoms with van der Waals surface area (Å²) in [5, 5.41) is 2.62. The third kappa shape index (κ3) is 3.38. The number of carbonyl (C=O) groups is 1. The van der Waals surface area contributed by atoms with Crippen LogP contribution in [0.1, 0.15) is 17.0 Å². The van der Waals surface area contributed by atoms with E-state index in [1.54, 1.807) is 0 Å². The molecular weight excluding hydrogens is 256 g/mol. The van der Waals surface area contributed by atoms with Crippen molar-refractivity contribution in [3.8, 4) is 11.5 Å². The molecule has 106 valence electrons. The van der Waals surface area contributed by atoms with Gasteiger partial charge in [-0.3, -0.25) is 0 Å². The normalized spacial score (nSPS) is 10.3. The van der Waals surface area contributed by atoms with Crippen molar-refractivity contribution in [2.45, 2.75) is 20.3 Å². The van der Waals surface area contributed by atoms with E-state index < -0.39 is 6.09 Å². The summed E-state index contributed by atoms with van der Waals surface area (Å²) in [5.74, 6) is 1.38. The number of amides is 1. The zero-order chi connectivity index (χ0) is 14.5. The van der Waals surface area contributed by atoms with Gasteiger partial charge in [0.15, 0.2) is 0 Å². The Morgan fingerprint density at radius 2 is 2.00 bits per heavy atom. The van der Waals surface area contributed by atoms with Crippen molar-refractivity contribution < 1.29 is 13.9 Å². The van der Waals surface area contributed by atoms with Crippen molar-refractivity contribution in [1.82, 2.24) is 10.3 Å². The lowest BCUT2D eigenvalue weighted by Crippen LogP contribution is -2.25. The van der Waals surface area contributed by atoms with Crippen LogP contribution in [0.15, 0.2) is 28.7 Å². The van der Waals surface area contributed by atoms with Gasteiger partial charge in [-0.1, -0.05) is 17.7 Å². The number of ether oxygens (including phenoxy) is 1. The molecule has 1 aromatic heterocycles. The monoisotopic (exact) mass is 274 g/mol. The van der Waals surface area contributed by atoms with E-state index in [1.165, 1.54) is 12.7 Å². The lowest BCUT2D eigenvalue weighted by atomic mass is 10.1. The Morgan fingerprint density at radius 1 is 1.30 bits per heavy atom. The average molecular weight is 274 g/mol. The molecule has 0 bridgehead atoms. The Bertz CT molecular complexity index is 588. The van der Waals surface area contributed by atoms with Crippen LogP contribution in [0.3, 0.4) is 0 Å². The number of hydrogen-bond acceptors (Lipinski definition) is 4. The molecule has 1 aromatic carbocycles. The van der Waals surface area contributed by atoms with Crippen molar-refractivity contribution >= 4 is 6.09 Å². The molecule has 1 heterocycles. The minimum Gasteiger partial charge on any atom is -0.453 e. The Balaban J connectivity index is 2.05. The van der Waals surface area contributed by atoms with E-state index in [9.17, 15) is 4.79 Å². The van der Waals surface area contributed by atoms with Gasteiger partial charge in [-0.15, -0.1) is 0 Å². The van der Waals surface area contributed by atoms with Crippen LogP contribution in [0.2, 0.25) is 0 Å². The summed E-state index contributed by atoms with van der Waals surface area (Å²) in [4.78, 5) is 15.4. The first kappa shape index (κ1) is 14.1. The minimum atomic E-state index is -0.440. The van der Waals surface area contributed by atoms with Crippen molar-refractivity contribution in [3.05, 3.63) is 41.3 Å². The first-order valence-corrected chi connectivity index (χ1v) is 6.45. The van der Waals surface area contributed by atoms with Crippen molar-refractivity contribution in [3.63, 3.8) is 0 Å². The standard InChI is InChI=1S/C15H18N2O3/c1-10-4-6-12(7-5-10)14-17-13(11(2)20-14)8-9-16-15(18)19-3/h4-7H,8-9H2,1-3H3,(H,16,18). The third-order valence-electron chi connectivity index (χ3n) is 3.01. The van der Waals surface area contributed by atoms with Crippen LogP contribution in [0, 0.1) is 13.8 Å². The summed E-state index contributed by atoms with van der Waals surface area (Å²) >= 11 is 0. The van der Waals surface area contributed by atoms with Crippen molar-refractivity contribution in [2.75, 3.05) is 13.7 Å². The van der Waals surface area contributed by atoms with Gasteiger partial charge in [0.25, 0.3) is 0 Å². The Kier molecular flexibility index (Phi) is 4.40. The fourth-order valence-corrected chi connectivity index (χ4v) is 1.83. The van der Waals surface area contributed by atoms with E-state index in [-0.39, 0.29) is 0 Å². The largest absolute Gasteiger partial charge is 0.453 e. The van der Waals surface area contributed by atoms with Gasteiger partial charge in [-0.25, -0.2) is 9.78 Å². The van der Waals surface area contributed by atoms with Gasteiger partial charge in [0.05, 0.1) is 12.8 Å². The van der Waals surface area contributed by atoms with Gasteiger partial charge in [-0.05, 0) is 26.0 Å². The van der Waals surface area contributed by atoms with Gasteiger partial charge in [0, 0.05) is 18.5 Å². The van der Waals surface area contributed by atoms with Crippen LogP contribution >= 0.6 is 0 Å². The second-order valence-corrected chi connectivity index (χ2v) is 4.56. The second kappa shape index (κ2) is 6.23. The SMILES string of the molecule is COC(=O)NCCc1nc(-c2ccc(C)cc2)oc1C. The lowest BCUT2D eigenvalue weighted by Gasteiger charge is -2.01. The highest BCUT2D eigenvalue weighted by molar-refractivity contribution is 5.66. The van der Waals surface area contributed by atoms with Crippen LogP contribution < -0.4 is 5.32 Å². The average Bonchev–Trinajstić information content (AvgIpc) is 2.81. The molecule has 0 radical (unpaired) electrons. The molecule has 0 unspecified atom stereocenters. The molecule has 0 aliphatic rings. The summed E-state index contributed by atoms with van der Waals surface area (Å²) in [6.07, 6.45) is 0.168. The zero-order valence-corrected chi connectivity index (χ0v) is 11.9. The topological polar surface area (TPSA) is 64.4 Å². The van der Waals surface area contributed by atoms with Crippen LogP contribution in [0.25, 0.3) is 11.5 Å². The highest BCUT2D eigenvalue weighted by atomic mass is 16.5. The number of hydrogen-bond donors (Lipinski definition) is 1. The van der Waals surface area contributed by atoms with Gasteiger partial charge < -0.3 is 14.5 Å². The van der Waals surface area contributed by atoms with Crippen LogP contribution in [-0.4, -0.2) is 24.7 Å². The smallest absolute Gasteiger partial charge is 0.406 e. The van der Waals surface area contributed by atoms with Crippen LogP contribution in [0.4, 0.5) is 4.79 Å². The number of carbonyl (C=O) groups excluding carboxylic acids is 1.